The van der Waals surface area contributed by atoms with Crippen molar-refractivity contribution in [1.29, 1.82) is 0 Å². The lowest BCUT2D eigenvalue weighted by molar-refractivity contribution is 0.100. The number of aromatic hydroxyl groups is 1. The van der Waals surface area contributed by atoms with Gasteiger partial charge in [-0.3, -0.25) is 9.78 Å². The van der Waals surface area contributed by atoms with Gasteiger partial charge in [-0.05, 0) is 37.6 Å². The van der Waals surface area contributed by atoms with E-state index in [2.05, 4.69) is 20.3 Å². The number of aromatic nitrogens is 3. The summed E-state index contributed by atoms with van der Waals surface area (Å²) in [4.78, 5) is 19.1. The van der Waals surface area contributed by atoms with Crippen LogP contribution in [0.25, 0.3) is 17.1 Å². The van der Waals surface area contributed by atoms with Crippen molar-refractivity contribution in [3.05, 3.63) is 47.2 Å². The third-order valence-corrected chi connectivity index (χ3v) is 5.45. The molecule has 0 saturated carbocycles. The first kappa shape index (κ1) is 19.7. The Kier molecular flexibility index (Phi) is 5.04. The maximum absolute atomic E-state index is 12.4. The monoisotopic (exact) mass is 407 g/mol. The Bertz CT molecular complexity index is 1120. The number of aryl methyl sites for hydroxylation is 1. The van der Waals surface area contributed by atoms with Gasteiger partial charge in [0.05, 0.1) is 11.4 Å². The molecule has 9 nitrogen and oxygen atoms in total. The number of carbonyl (C=O) groups is 1. The Morgan fingerprint density at radius 3 is 2.60 bits per heavy atom. The van der Waals surface area contributed by atoms with Crippen LogP contribution in [0.15, 0.2) is 30.5 Å². The molecule has 1 fully saturated rings. The third-order valence-electron chi connectivity index (χ3n) is 5.45. The van der Waals surface area contributed by atoms with E-state index in [4.69, 9.17) is 11.5 Å². The van der Waals surface area contributed by atoms with Crippen LogP contribution in [0.1, 0.15) is 21.5 Å². The first-order chi connectivity index (χ1) is 14.4. The van der Waals surface area contributed by atoms with E-state index in [9.17, 15) is 9.90 Å². The second-order valence-electron chi connectivity index (χ2n) is 7.37. The zero-order chi connectivity index (χ0) is 21.4. The Hall–Kier alpha value is -3.59. The average molecular weight is 407 g/mol. The molecule has 1 saturated heterocycles. The number of piperazine rings is 1. The summed E-state index contributed by atoms with van der Waals surface area (Å²) < 4.78 is 1.47. The number of hydrogen-bond donors (Lipinski definition) is 4. The van der Waals surface area contributed by atoms with E-state index in [1.807, 2.05) is 19.1 Å². The number of carbonyl (C=O) groups excluding carboxylic acids is 1. The minimum absolute atomic E-state index is 0.117. The van der Waals surface area contributed by atoms with Gasteiger partial charge in [0.15, 0.2) is 0 Å². The largest absolute Gasteiger partial charge is 0.508 e. The van der Waals surface area contributed by atoms with E-state index in [1.165, 1.54) is 4.68 Å². The van der Waals surface area contributed by atoms with Crippen molar-refractivity contribution in [2.24, 2.45) is 5.73 Å². The second kappa shape index (κ2) is 7.68. The van der Waals surface area contributed by atoms with Crippen molar-refractivity contribution in [1.82, 2.24) is 20.1 Å². The molecule has 3 heterocycles. The Labute approximate surface area is 174 Å². The number of nitrogens with two attached hydrogens (primary N) is 2. The smallest absolute Gasteiger partial charge is 0.254 e. The van der Waals surface area contributed by atoms with Gasteiger partial charge in [-0.25, -0.2) is 4.68 Å². The van der Waals surface area contributed by atoms with Gasteiger partial charge in [0.2, 0.25) is 0 Å². The number of rotatable bonds is 4. The minimum Gasteiger partial charge on any atom is -0.508 e. The molecule has 2 aromatic heterocycles. The maximum atomic E-state index is 12.4. The lowest BCUT2D eigenvalue weighted by Gasteiger charge is -2.30. The SMILES string of the molecule is Cc1ccc(O)c(C)c1-n1nc(-c2ncccc2N2CCNCC2)c(C(N)=O)c1N. The molecule has 1 aromatic carbocycles. The minimum atomic E-state index is -0.680. The van der Waals surface area contributed by atoms with Crippen LogP contribution in [0, 0.1) is 13.8 Å². The van der Waals surface area contributed by atoms with Gasteiger partial charge in [0.25, 0.3) is 5.91 Å². The van der Waals surface area contributed by atoms with Gasteiger partial charge in [-0.1, -0.05) is 6.07 Å². The number of hydrogen-bond acceptors (Lipinski definition) is 7. The number of primary amides is 1. The summed E-state index contributed by atoms with van der Waals surface area (Å²) in [6, 6.07) is 7.20. The van der Waals surface area contributed by atoms with Crippen molar-refractivity contribution in [2.75, 3.05) is 36.8 Å². The number of anilines is 2. The summed E-state index contributed by atoms with van der Waals surface area (Å²) in [7, 11) is 0. The number of pyridine rings is 1. The number of amides is 1. The van der Waals surface area contributed by atoms with Crippen LogP contribution in [0.5, 0.6) is 5.75 Å². The Morgan fingerprint density at radius 2 is 1.90 bits per heavy atom. The molecular weight excluding hydrogens is 382 g/mol. The standard InChI is InChI=1S/C21H25N7O2/c1-12-5-6-15(29)13(2)19(12)28-20(22)16(21(23)30)18(26-28)17-14(4-3-7-25-17)27-10-8-24-9-11-27/h3-7,24,29H,8-11,22H2,1-2H3,(H2,23,30). The summed E-state index contributed by atoms with van der Waals surface area (Å²) in [5.74, 6) is -0.445. The van der Waals surface area contributed by atoms with Gasteiger partial charge in [-0.2, -0.15) is 5.10 Å². The number of nitrogen functional groups attached to an aromatic ring is 1. The first-order valence-corrected chi connectivity index (χ1v) is 9.79. The molecule has 0 aliphatic carbocycles. The third kappa shape index (κ3) is 3.22. The topological polar surface area (TPSA) is 135 Å². The van der Waals surface area contributed by atoms with E-state index < -0.39 is 5.91 Å². The van der Waals surface area contributed by atoms with E-state index in [0.29, 0.717) is 22.6 Å². The normalized spacial score (nSPS) is 14.1. The highest BCUT2D eigenvalue weighted by atomic mass is 16.3. The predicted molar refractivity (Wildman–Crippen MR) is 116 cm³/mol. The van der Waals surface area contributed by atoms with Crippen LogP contribution in [0.2, 0.25) is 0 Å². The molecule has 1 aliphatic rings. The van der Waals surface area contributed by atoms with Crippen molar-refractivity contribution >= 4 is 17.4 Å². The van der Waals surface area contributed by atoms with Crippen LogP contribution in [-0.4, -0.2) is 52.0 Å². The zero-order valence-electron chi connectivity index (χ0n) is 17.0. The van der Waals surface area contributed by atoms with Crippen LogP contribution >= 0.6 is 0 Å². The number of nitrogens with zero attached hydrogens (tertiary/aromatic N) is 4. The fourth-order valence-corrected chi connectivity index (χ4v) is 3.90. The first-order valence-electron chi connectivity index (χ1n) is 9.79. The van der Waals surface area contributed by atoms with E-state index in [-0.39, 0.29) is 17.1 Å². The number of phenolic OH excluding ortho intramolecular Hbond substituents is 1. The zero-order valence-corrected chi connectivity index (χ0v) is 17.0. The molecule has 0 spiro atoms. The Morgan fingerprint density at radius 1 is 1.17 bits per heavy atom. The molecule has 4 rings (SSSR count). The van der Waals surface area contributed by atoms with Gasteiger partial charge < -0.3 is 26.8 Å². The maximum Gasteiger partial charge on any atom is 0.254 e. The summed E-state index contributed by atoms with van der Waals surface area (Å²) in [5.41, 5.74) is 16.0. The Balaban J connectivity index is 1.95. The van der Waals surface area contributed by atoms with Crippen molar-refractivity contribution in [2.45, 2.75) is 13.8 Å². The van der Waals surface area contributed by atoms with Crippen LogP contribution in [-0.2, 0) is 0 Å². The molecule has 0 bridgehead atoms. The molecule has 156 valence electrons. The molecule has 30 heavy (non-hydrogen) atoms. The molecule has 1 amide bonds. The van der Waals surface area contributed by atoms with Crippen LogP contribution < -0.4 is 21.7 Å². The van der Waals surface area contributed by atoms with Crippen molar-refractivity contribution in [3.63, 3.8) is 0 Å². The highest BCUT2D eigenvalue weighted by Gasteiger charge is 2.27. The summed E-state index contributed by atoms with van der Waals surface area (Å²) in [6.45, 7) is 7.00. The molecule has 0 radical (unpaired) electrons. The lowest BCUT2D eigenvalue weighted by Crippen LogP contribution is -2.43. The molecule has 0 unspecified atom stereocenters. The number of nitrogens with one attached hydrogen (secondary N) is 1. The fraction of sp³-hybridized carbons (Fsp3) is 0.286. The quantitative estimate of drug-likeness (QED) is 0.512. The summed E-state index contributed by atoms with van der Waals surface area (Å²) >= 11 is 0. The van der Waals surface area contributed by atoms with Gasteiger partial charge in [0, 0.05) is 37.9 Å². The van der Waals surface area contributed by atoms with Crippen molar-refractivity contribution < 1.29 is 9.90 Å². The van der Waals surface area contributed by atoms with Crippen molar-refractivity contribution in [3.8, 4) is 22.8 Å². The summed E-state index contributed by atoms with van der Waals surface area (Å²) in [6.07, 6.45) is 1.66. The number of phenols is 1. The number of benzene rings is 1. The predicted octanol–water partition coefficient (Wildman–Crippen LogP) is 1.35. The van der Waals surface area contributed by atoms with Gasteiger partial charge in [-0.15, -0.1) is 0 Å². The second-order valence-corrected chi connectivity index (χ2v) is 7.37. The fourth-order valence-electron chi connectivity index (χ4n) is 3.90. The molecule has 1 aliphatic heterocycles. The summed E-state index contributed by atoms with van der Waals surface area (Å²) in [5, 5.41) is 18.2. The van der Waals surface area contributed by atoms with Gasteiger partial charge >= 0.3 is 0 Å². The highest BCUT2D eigenvalue weighted by Crippen LogP contribution is 2.36. The van der Waals surface area contributed by atoms with E-state index in [1.54, 1.807) is 25.3 Å². The van der Waals surface area contributed by atoms with Crippen LogP contribution in [0.3, 0.4) is 0 Å². The molecule has 3 aromatic rings. The van der Waals surface area contributed by atoms with Gasteiger partial charge in [0.1, 0.15) is 28.5 Å². The highest BCUT2D eigenvalue weighted by molar-refractivity contribution is 6.04. The molecule has 0 atom stereocenters. The average Bonchev–Trinajstić information content (AvgIpc) is 3.09. The van der Waals surface area contributed by atoms with E-state index >= 15 is 0 Å². The van der Waals surface area contributed by atoms with Crippen LogP contribution in [0.4, 0.5) is 11.5 Å². The molecule has 6 N–H and O–H groups in total. The molecule has 9 heteroatoms. The molecular formula is C21H25N7O2. The van der Waals surface area contributed by atoms with E-state index in [0.717, 1.165) is 37.4 Å². The lowest BCUT2D eigenvalue weighted by atomic mass is 10.1.